The van der Waals surface area contributed by atoms with Gasteiger partial charge in [0.25, 0.3) is 5.56 Å². The number of hydrogen-bond acceptors (Lipinski definition) is 10. The number of anilines is 1. The van der Waals surface area contributed by atoms with Crippen molar-refractivity contribution in [1.82, 2.24) is 19.6 Å². The van der Waals surface area contributed by atoms with Gasteiger partial charge in [0, 0.05) is 6.42 Å². The van der Waals surface area contributed by atoms with Crippen molar-refractivity contribution in [1.29, 1.82) is 0 Å². The largest absolute Gasteiger partial charge is 0.488 e. The molecule has 19 heteroatoms. The third-order valence-corrected chi connectivity index (χ3v) is 6.92. The summed E-state index contributed by atoms with van der Waals surface area (Å²) in [6.45, 7) is 1.46. The number of nitrogens with two attached hydrogens (primary N) is 1. The SMILES string of the molecule is CC(Cc1cnc2c(=O)[nH]c(N)nn12)OCP(=O)(O)OP(=O)(O)OP(=O)(O)O. The van der Waals surface area contributed by atoms with E-state index >= 15 is 0 Å². The normalized spacial score (nSPS) is 17.9. The van der Waals surface area contributed by atoms with Crippen LogP contribution < -0.4 is 11.3 Å². The molecule has 2 heterocycles. The highest BCUT2D eigenvalue weighted by atomic mass is 31.3. The molecule has 0 saturated carbocycles. The Balaban J connectivity index is 2.01. The average molecular weight is 463 g/mol. The van der Waals surface area contributed by atoms with Crippen LogP contribution in [-0.4, -0.2) is 51.6 Å². The molecule has 3 atom stereocenters. The number of fused-ring (bicyclic) bond motifs is 1. The number of hydrogen-bond donors (Lipinski definition) is 6. The lowest BCUT2D eigenvalue weighted by Gasteiger charge is -2.18. The Morgan fingerprint density at radius 1 is 1.25 bits per heavy atom. The number of rotatable bonds is 9. The number of phosphoric acid groups is 2. The number of nitrogens with zero attached hydrogens (tertiary/aromatic N) is 3. The molecule has 2 aromatic rings. The quantitative estimate of drug-likeness (QED) is 0.252. The van der Waals surface area contributed by atoms with Crippen molar-refractivity contribution in [3.8, 4) is 0 Å². The summed E-state index contributed by atoms with van der Waals surface area (Å²) in [5, 5.41) is 3.87. The molecule has 0 amide bonds. The van der Waals surface area contributed by atoms with Crippen LogP contribution in [0, 0.1) is 0 Å². The molecule has 0 aromatic carbocycles. The van der Waals surface area contributed by atoms with Gasteiger partial charge in [-0.15, -0.1) is 5.10 Å². The van der Waals surface area contributed by atoms with Crippen LogP contribution in [0.5, 0.6) is 0 Å². The monoisotopic (exact) mass is 463 g/mol. The molecule has 0 bridgehead atoms. The van der Waals surface area contributed by atoms with Crippen molar-refractivity contribution in [3.05, 3.63) is 22.2 Å². The number of nitrogen functional groups attached to an aromatic ring is 1. The first-order valence-corrected chi connectivity index (χ1v) is 11.9. The molecule has 0 spiro atoms. The first kappa shape index (κ1) is 22.8. The zero-order chi connectivity index (χ0) is 21.3. The van der Waals surface area contributed by atoms with Gasteiger partial charge in [-0.3, -0.25) is 14.3 Å². The van der Waals surface area contributed by atoms with E-state index < -0.39 is 41.3 Å². The van der Waals surface area contributed by atoms with Crippen LogP contribution in [0.3, 0.4) is 0 Å². The molecule has 2 aromatic heterocycles. The van der Waals surface area contributed by atoms with Crippen molar-refractivity contribution in [3.63, 3.8) is 0 Å². The number of H-pyrrole nitrogens is 1. The first-order valence-electron chi connectivity index (χ1n) is 7.14. The van der Waals surface area contributed by atoms with Gasteiger partial charge in [-0.05, 0) is 6.92 Å². The lowest BCUT2D eigenvalue weighted by Crippen LogP contribution is -2.19. The maximum absolute atomic E-state index is 11.8. The first-order chi connectivity index (χ1) is 12.7. The second-order valence-corrected chi connectivity index (χ2v) is 10.2. The van der Waals surface area contributed by atoms with Gasteiger partial charge in [0.15, 0.2) is 0 Å². The van der Waals surface area contributed by atoms with Gasteiger partial charge in [0.05, 0.1) is 18.0 Å². The van der Waals surface area contributed by atoms with E-state index in [1.54, 1.807) is 0 Å². The van der Waals surface area contributed by atoms with E-state index in [1.807, 2.05) is 0 Å². The van der Waals surface area contributed by atoms with Crippen LogP contribution in [0.4, 0.5) is 5.95 Å². The van der Waals surface area contributed by atoms with Crippen LogP contribution in [0.1, 0.15) is 12.6 Å². The van der Waals surface area contributed by atoms with E-state index in [-0.39, 0.29) is 18.0 Å². The number of nitrogens with one attached hydrogen (secondary N) is 1. The van der Waals surface area contributed by atoms with E-state index in [0.29, 0.717) is 5.69 Å². The highest BCUT2D eigenvalue weighted by molar-refractivity contribution is 7.68. The molecule has 158 valence electrons. The molecule has 0 fully saturated rings. The van der Waals surface area contributed by atoms with Crippen LogP contribution in [0.15, 0.2) is 11.0 Å². The fourth-order valence-electron chi connectivity index (χ4n) is 2.00. The summed E-state index contributed by atoms with van der Waals surface area (Å²) >= 11 is 0. The summed E-state index contributed by atoms with van der Waals surface area (Å²) in [4.78, 5) is 53.4. The molecule has 28 heavy (non-hydrogen) atoms. The summed E-state index contributed by atoms with van der Waals surface area (Å²) in [7, 11) is -15.9. The van der Waals surface area contributed by atoms with Crippen LogP contribution in [-0.2, 0) is 33.5 Å². The van der Waals surface area contributed by atoms with E-state index in [9.17, 15) is 23.4 Å². The molecule has 0 aliphatic heterocycles. The Bertz CT molecular complexity index is 1060. The van der Waals surface area contributed by atoms with Crippen molar-refractivity contribution in [2.75, 3.05) is 12.1 Å². The molecular formula is C9H16N5O11P3. The lowest BCUT2D eigenvalue weighted by molar-refractivity contribution is 0.0867. The van der Waals surface area contributed by atoms with Gasteiger partial charge in [-0.2, -0.15) is 4.31 Å². The molecule has 0 aliphatic rings. The van der Waals surface area contributed by atoms with E-state index in [0.717, 1.165) is 4.52 Å². The van der Waals surface area contributed by atoms with Gasteiger partial charge < -0.3 is 30.0 Å². The second-order valence-electron chi connectivity index (χ2n) is 5.39. The Labute approximate surface area is 155 Å². The molecule has 2 rings (SSSR count). The summed E-state index contributed by atoms with van der Waals surface area (Å²) < 4.78 is 47.2. The number of ether oxygens (including phenoxy) is 1. The van der Waals surface area contributed by atoms with Crippen LogP contribution in [0.2, 0.25) is 0 Å². The van der Waals surface area contributed by atoms with Crippen LogP contribution >= 0.6 is 23.2 Å². The highest BCUT2D eigenvalue weighted by Gasteiger charge is 2.39. The summed E-state index contributed by atoms with van der Waals surface area (Å²) in [6, 6.07) is 0. The van der Waals surface area contributed by atoms with Crippen LogP contribution in [0.25, 0.3) is 5.65 Å². The standard InChI is InChI=1S/C9H16N5O11P3/c1-5(2-6-3-11-7-8(15)12-9(10)13-14(6)7)23-4-26(16,17)24-28(21,22)25-27(18,19)20/h3,5H,2,4H2,1H3,(H,16,17)(H,21,22)(H2,18,19,20)(H3,10,12,13,15). The maximum Gasteiger partial charge on any atom is 0.488 e. The Morgan fingerprint density at radius 2 is 1.89 bits per heavy atom. The third-order valence-electron chi connectivity index (χ3n) is 2.92. The number of imidazole rings is 1. The zero-order valence-electron chi connectivity index (χ0n) is 14.0. The highest BCUT2D eigenvalue weighted by Crippen LogP contribution is 2.65. The van der Waals surface area contributed by atoms with Gasteiger partial charge in [-0.1, -0.05) is 0 Å². The van der Waals surface area contributed by atoms with E-state index in [1.165, 1.54) is 13.1 Å². The Hall–Kier alpha value is -1.44. The van der Waals surface area contributed by atoms with Crippen molar-refractivity contribution in [2.24, 2.45) is 0 Å². The topological polar surface area (TPSA) is 249 Å². The molecule has 0 saturated heterocycles. The predicted molar refractivity (Wildman–Crippen MR) is 91.0 cm³/mol. The molecular weight excluding hydrogens is 447 g/mol. The summed E-state index contributed by atoms with van der Waals surface area (Å²) in [6.07, 6.45) is -0.558. The van der Waals surface area contributed by atoms with E-state index in [4.69, 9.17) is 25.2 Å². The second kappa shape index (κ2) is 8.13. The smallest absolute Gasteiger partial charge is 0.368 e. The van der Waals surface area contributed by atoms with Crippen molar-refractivity contribution >= 4 is 34.8 Å². The van der Waals surface area contributed by atoms with E-state index in [2.05, 4.69) is 23.7 Å². The van der Waals surface area contributed by atoms with Gasteiger partial charge >= 0.3 is 23.2 Å². The molecule has 0 aliphatic carbocycles. The minimum absolute atomic E-state index is 0.0346. The predicted octanol–water partition coefficient (Wildman–Crippen LogP) is -0.683. The number of aromatic amines is 1. The average Bonchev–Trinajstić information content (AvgIpc) is 2.84. The van der Waals surface area contributed by atoms with Gasteiger partial charge in [0.2, 0.25) is 11.6 Å². The number of aromatic nitrogens is 4. The van der Waals surface area contributed by atoms with Crippen molar-refractivity contribution in [2.45, 2.75) is 19.4 Å². The summed E-state index contributed by atoms with van der Waals surface area (Å²) in [5.41, 5.74) is 5.20. The third kappa shape index (κ3) is 6.57. The molecule has 0 radical (unpaired) electrons. The lowest BCUT2D eigenvalue weighted by atomic mass is 10.2. The van der Waals surface area contributed by atoms with Gasteiger partial charge in [-0.25, -0.2) is 22.9 Å². The molecule has 16 nitrogen and oxygen atoms in total. The molecule has 3 unspecified atom stereocenters. The minimum Gasteiger partial charge on any atom is -0.368 e. The molecule has 7 N–H and O–H groups in total. The Morgan fingerprint density at radius 3 is 2.50 bits per heavy atom. The fraction of sp³-hybridized carbons (Fsp3) is 0.444. The minimum atomic E-state index is -5.53. The summed E-state index contributed by atoms with van der Waals surface area (Å²) in [5.74, 6) is -0.165. The maximum atomic E-state index is 11.8. The fourth-order valence-corrected chi connectivity index (χ4v) is 5.38. The zero-order valence-corrected chi connectivity index (χ0v) is 16.7. The Kier molecular flexibility index (Phi) is 6.63. The van der Waals surface area contributed by atoms with Crippen molar-refractivity contribution < 1.29 is 46.6 Å². The van der Waals surface area contributed by atoms with Gasteiger partial charge in [0.1, 0.15) is 6.35 Å².